The Morgan fingerprint density at radius 3 is 2.74 bits per heavy atom. The van der Waals surface area contributed by atoms with Crippen LogP contribution in [0.2, 0.25) is 0 Å². The van der Waals surface area contributed by atoms with Crippen LogP contribution in [-0.2, 0) is 0 Å². The number of nitrogens with zero attached hydrogens (tertiary/aromatic N) is 1. The van der Waals surface area contributed by atoms with E-state index in [0.717, 1.165) is 16.0 Å². The lowest BCUT2D eigenvalue weighted by Gasteiger charge is -2.09. The van der Waals surface area contributed by atoms with Crippen LogP contribution < -0.4 is 5.73 Å². The Kier molecular flexibility index (Phi) is 3.76. The van der Waals surface area contributed by atoms with Crippen LogP contribution in [0.4, 0.5) is 5.69 Å². The molecule has 0 unspecified atom stereocenters. The number of nitrogens with two attached hydrogens (primary N) is 1. The summed E-state index contributed by atoms with van der Waals surface area (Å²) < 4.78 is 0. The fourth-order valence-corrected chi connectivity index (χ4v) is 2.66. The number of hydrogen-bond acceptors (Lipinski definition) is 4. The van der Waals surface area contributed by atoms with Crippen molar-refractivity contribution >= 4 is 23.4 Å². The number of anilines is 1. The Labute approximate surface area is 115 Å². The number of nitrogen functional groups attached to an aromatic ring is 1. The minimum atomic E-state index is -1.04. The van der Waals surface area contributed by atoms with E-state index in [0.29, 0.717) is 5.03 Å². The monoisotopic (exact) mass is 274 g/mol. The van der Waals surface area contributed by atoms with Gasteiger partial charge in [-0.2, -0.15) is 0 Å². The molecule has 0 atom stereocenters. The van der Waals surface area contributed by atoms with E-state index in [4.69, 9.17) is 10.8 Å². The molecule has 0 saturated carbocycles. The van der Waals surface area contributed by atoms with Gasteiger partial charge in [0, 0.05) is 11.1 Å². The Morgan fingerprint density at radius 1 is 1.32 bits per heavy atom. The predicted molar refractivity (Wildman–Crippen MR) is 75.6 cm³/mol. The lowest BCUT2D eigenvalue weighted by atomic mass is 10.2. The van der Waals surface area contributed by atoms with Gasteiger partial charge in [-0.3, -0.25) is 0 Å². The van der Waals surface area contributed by atoms with Gasteiger partial charge < -0.3 is 10.8 Å². The van der Waals surface area contributed by atoms with Crippen LogP contribution in [0.1, 0.15) is 21.5 Å². The van der Waals surface area contributed by atoms with E-state index in [1.807, 2.05) is 32.0 Å². The van der Waals surface area contributed by atoms with Crippen molar-refractivity contribution in [3.63, 3.8) is 0 Å². The maximum atomic E-state index is 11.0. The van der Waals surface area contributed by atoms with Gasteiger partial charge in [-0.05, 0) is 37.1 Å². The van der Waals surface area contributed by atoms with Crippen molar-refractivity contribution < 1.29 is 9.90 Å². The summed E-state index contributed by atoms with van der Waals surface area (Å²) in [6.07, 6.45) is 1.47. The smallest absolute Gasteiger partial charge is 0.337 e. The summed E-state index contributed by atoms with van der Waals surface area (Å²) in [5.74, 6) is -1.04. The topological polar surface area (TPSA) is 76.2 Å². The maximum absolute atomic E-state index is 11.0. The van der Waals surface area contributed by atoms with Gasteiger partial charge in [0.1, 0.15) is 5.03 Å². The molecule has 0 aliphatic carbocycles. The number of rotatable bonds is 3. The molecule has 0 fully saturated rings. The highest BCUT2D eigenvalue weighted by molar-refractivity contribution is 7.99. The molecule has 0 aliphatic heterocycles. The van der Waals surface area contributed by atoms with E-state index in [9.17, 15) is 4.79 Å². The third-order valence-electron chi connectivity index (χ3n) is 2.73. The average Bonchev–Trinajstić information content (AvgIpc) is 2.36. The molecular formula is C14H14N2O2S. The van der Waals surface area contributed by atoms with Crippen molar-refractivity contribution in [2.45, 2.75) is 23.8 Å². The van der Waals surface area contributed by atoms with Crippen molar-refractivity contribution in [3.05, 3.63) is 47.2 Å². The lowest BCUT2D eigenvalue weighted by molar-refractivity contribution is 0.0697. The molecule has 0 aliphatic rings. The largest absolute Gasteiger partial charge is 0.478 e. The summed E-state index contributed by atoms with van der Waals surface area (Å²) >= 11 is 1.39. The first-order valence-corrected chi connectivity index (χ1v) is 6.53. The molecule has 2 rings (SSSR count). The first-order chi connectivity index (χ1) is 8.99. The summed E-state index contributed by atoms with van der Waals surface area (Å²) in [7, 11) is 0. The van der Waals surface area contributed by atoms with Crippen LogP contribution in [0.25, 0.3) is 0 Å². The number of carboxylic acid groups (broad SMARTS) is 1. The summed E-state index contributed by atoms with van der Waals surface area (Å²) in [4.78, 5) is 16.2. The summed E-state index contributed by atoms with van der Waals surface area (Å²) in [5, 5.41) is 9.56. The lowest BCUT2D eigenvalue weighted by Crippen LogP contribution is -2.04. The molecule has 0 radical (unpaired) electrons. The Balaban J connectivity index is 2.41. The van der Waals surface area contributed by atoms with Gasteiger partial charge in [-0.1, -0.05) is 23.9 Å². The van der Waals surface area contributed by atoms with Crippen molar-refractivity contribution in [1.29, 1.82) is 0 Å². The first kappa shape index (κ1) is 13.4. The molecule has 2 aromatic rings. The van der Waals surface area contributed by atoms with Gasteiger partial charge in [-0.15, -0.1) is 0 Å². The quantitative estimate of drug-likeness (QED) is 0.899. The molecule has 0 spiro atoms. The number of carboxylic acids is 1. The molecule has 0 bridgehead atoms. The highest BCUT2D eigenvalue weighted by Crippen LogP contribution is 2.34. The molecule has 1 aromatic carbocycles. The van der Waals surface area contributed by atoms with Gasteiger partial charge in [0.25, 0.3) is 0 Å². The normalized spacial score (nSPS) is 10.4. The molecule has 0 amide bonds. The van der Waals surface area contributed by atoms with Crippen LogP contribution in [-0.4, -0.2) is 16.1 Å². The average molecular weight is 274 g/mol. The number of carbonyl (C=O) groups is 1. The zero-order valence-corrected chi connectivity index (χ0v) is 11.5. The van der Waals surface area contributed by atoms with E-state index in [-0.39, 0.29) is 11.3 Å². The molecule has 1 heterocycles. The Morgan fingerprint density at radius 2 is 2.05 bits per heavy atom. The van der Waals surface area contributed by atoms with Crippen LogP contribution >= 0.6 is 11.8 Å². The summed E-state index contributed by atoms with van der Waals surface area (Å²) in [6.45, 7) is 4.01. The minimum absolute atomic E-state index is 0.0859. The fraction of sp³-hybridized carbons (Fsp3) is 0.143. The van der Waals surface area contributed by atoms with Gasteiger partial charge in [0.15, 0.2) is 0 Å². The van der Waals surface area contributed by atoms with Crippen molar-refractivity contribution in [2.24, 2.45) is 0 Å². The van der Waals surface area contributed by atoms with E-state index in [1.54, 1.807) is 0 Å². The number of hydrogen-bond donors (Lipinski definition) is 2. The second kappa shape index (κ2) is 5.32. The summed E-state index contributed by atoms with van der Waals surface area (Å²) in [6, 6.07) is 7.50. The Hall–Kier alpha value is -2.01. The zero-order valence-electron chi connectivity index (χ0n) is 10.7. The predicted octanol–water partition coefficient (Wildman–Crippen LogP) is 3.13. The van der Waals surface area contributed by atoms with E-state index >= 15 is 0 Å². The number of benzene rings is 1. The fourth-order valence-electron chi connectivity index (χ4n) is 1.64. The van der Waals surface area contributed by atoms with Crippen LogP contribution in [0.3, 0.4) is 0 Å². The zero-order chi connectivity index (χ0) is 14.0. The number of aryl methyl sites for hydroxylation is 2. The van der Waals surface area contributed by atoms with E-state index in [2.05, 4.69) is 4.98 Å². The molecule has 19 heavy (non-hydrogen) atoms. The third-order valence-corrected chi connectivity index (χ3v) is 3.91. The van der Waals surface area contributed by atoms with Gasteiger partial charge >= 0.3 is 5.97 Å². The second-order valence-corrected chi connectivity index (χ2v) is 5.28. The van der Waals surface area contributed by atoms with Gasteiger partial charge in [-0.25, -0.2) is 9.78 Å². The first-order valence-electron chi connectivity index (χ1n) is 5.72. The molecule has 3 N–H and O–H groups in total. The van der Waals surface area contributed by atoms with Gasteiger partial charge in [0.2, 0.25) is 0 Å². The SMILES string of the molecule is Cc1ccc(C)c(Sc2nccc(C(=O)O)c2N)c1. The second-order valence-electron chi connectivity index (χ2n) is 4.25. The van der Waals surface area contributed by atoms with Crippen molar-refractivity contribution in [2.75, 3.05) is 5.73 Å². The highest BCUT2D eigenvalue weighted by atomic mass is 32.2. The summed E-state index contributed by atoms with van der Waals surface area (Å²) in [5.41, 5.74) is 8.40. The van der Waals surface area contributed by atoms with Crippen LogP contribution in [0, 0.1) is 13.8 Å². The number of pyridine rings is 1. The maximum Gasteiger partial charge on any atom is 0.337 e. The van der Waals surface area contributed by atoms with Crippen molar-refractivity contribution in [3.8, 4) is 0 Å². The van der Waals surface area contributed by atoms with Crippen LogP contribution in [0.15, 0.2) is 40.4 Å². The highest BCUT2D eigenvalue weighted by Gasteiger charge is 2.13. The molecule has 1 aromatic heterocycles. The van der Waals surface area contributed by atoms with E-state index in [1.165, 1.54) is 24.0 Å². The third kappa shape index (κ3) is 2.88. The standard InChI is InChI=1S/C14H14N2O2S/c1-8-3-4-9(2)11(7-8)19-13-12(15)10(14(17)18)5-6-16-13/h3-7H,15H2,1-2H3,(H,17,18). The van der Waals surface area contributed by atoms with Crippen molar-refractivity contribution in [1.82, 2.24) is 4.98 Å². The minimum Gasteiger partial charge on any atom is -0.478 e. The molecule has 98 valence electrons. The Bertz CT molecular complexity index is 641. The molecule has 4 nitrogen and oxygen atoms in total. The number of aromatic nitrogens is 1. The molecule has 5 heteroatoms. The molecular weight excluding hydrogens is 260 g/mol. The van der Waals surface area contributed by atoms with Crippen LogP contribution in [0.5, 0.6) is 0 Å². The van der Waals surface area contributed by atoms with E-state index < -0.39 is 5.97 Å². The molecule has 0 saturated heterocycles. The number of aromatic carboxylic acids is 1. The van der Waals surface area contributed by atoms with Gasteiger partial charge in [0.05, 0.1) is 11.3 Å².